The maximum absolute atomic E-state index is 14.7. The molecule has 6 nitrogen and oxygen atoms in total. The highest BCUT2D eigenvalue weighted by atomic mass is 19.4. The van der Waals surface area contributed by atoms with Crippen molar-refractivity contribution < 1.29 is 32.3 Å². The van der Waals surface area contributed by atoms with Crippen LogP contribution >= 0.6 is 0 Å². The summed E-state index contributed by atoms with van der Waals surface area (Å²) < 4.78 is 44.0. The molecule has 4 aromatic carbocycles. The van der Waals surface area contributed by atoms with Crippen LogP contribution < -0.4 is 4.90 Å². The number of amides is 4. The molecule has 228 valence electrons. The summed E-state index contributed by atoms with van der Waals surface area (Å²) in [4.78, 5) is 54.1. The number of benzene rings is 4. The fourth-order valence-electron chi connectivity index (χ4n) is 6.37. The molecule has 2 aliphatic heterocycles. The zero-order valence-electron chi connectivity index (χ0n) is 25.5. The zero-order valence-corrected chi connectivity index (χ0v) is 25.5. The molecule has 0 bridgehead atoms. The highest BCUT2D eigenvalue weighted by molar-refractivity contribution is 6.35. The predicted molar refractivity (Wildman–Crippen MR) is 164 cm³/mol. The van der Waals surface area contributed by atoms with Crippen LogP contribution in [0.3, 0.4) is 0 Å². The molecule has 0 saturated carbocycles. The van der Waals surface area contributed by atoms with Crippen LogP contribution in [0.15, 0.2) is 60.7 Å². The van der Waals surface area contributed by atoms with Gasteiger partial charge >= 0.3 is 6.18 Å². The summed E-state index contributed by atoms with van der Waals surface area (Å²) in [6, 6.07) is 15.8. The molecule has 9 heteroatoms. The summed E-state index contributed by atoms with van der Waals surface area (Å²) in [5.74, 6) is -3.88. The van der Waals surface area contributed by atoms with Gasteiger partial charge in [-0.2, -0.15) is 13.2 Å². The lowest BCUT2D eigenvalue weighted by atomic mass is 9.83. The van der Waals surface area contributed by atoms with E-state index in [-0.39, 0.29) is 33.5 Å². The van der Waals surface area contributed by atoms with Gasteiger partial charge in [0.05, 0.1) is 27.9 Å². The molecule has 0 aliphatic carbocycles. The molecule has 2 aliphatic rings. The van der Waals surface area contributed by atoms with E-state index in [9.17, 15) is 32.3 Å². The maximum Gasteiger partial charge on any atom is 0.399 e. The van der Waals surface area contributed by atoms with Gasteiger partial charge in [-0.1, -0.05) is 30.3 Å². The van der Waals surface area contributed by atoms with Gasteiger partial charge in [-0.15, -0.1) is 0 Å². The quantitative estimate of drug-likeness (QED) is 0.223. The minimum Gasteiger partial charge on any atom is -0.277 e. The molecule has 1 atom stereocenters. The van der Waals surface area contributed by atoms with E-state index in [0.29, 0.717) is 33.4 Å². The molecular weight excluding hydrogens is 581 g/mol. The molecule has 0 fully saturated rings. The van der Waals surface area contributed by atoms with Gasteiger partial charge in [0.25, 0.3) is 23.6 Å². The number of aryl methyl sites for hydroxylation is 5. The molecule has 1 unspecified atom stereocenters. The van der Waals surface area contributed by atoms with Crippen molar-refractivity contribution in [3.8, 4) is 11.1 Å². The summed E-state index contributed by atoms with van der Waals surface area (Å²) >= 11 is 0. The van der Waals surface area contributed by atoms with E-state index in [1.807, 2.05) is 6.92 Å². The Morgan fingerprint density at radius 1 is 0.533 bits per heavy atom. The number of carbonyl (C=O) groups is 4. The first-order chi connectivity index (χ1) is 21.1. The fourth-order valence-corrected chi connectivity index (χ4v) is 6.37. The largest absolute Gasteiger partial charge is 0.399 e. The molecule has 4 aromatic rings. The zero-order chi connectivity index (χ0) is 32.7. The van der Waals surface area contributed by atoms with Crippen LogP contribution in [0.2, 0.25) is 0 Å². The fraction of sp³-hybridized carbons (Fsp3) is 0.222. The Morgan fingerprint density at radius 3 is 1.56 bits per heavy atom. The Labute approximate surface area is 258 Å². The van der Waals surface area contributed by atoms with Crippen LogP contribution in [-0.2, 0) is 0 Å². The van der Waals surface area contributed by atoms with E-state index in [4.69, 9.17) is 0 Å². The van der Waals surface area contributed by atoms with Crippen LogP contribution in [0, 0.1) is 34.6 Å². The summed E-state index contributed by atoms with van der Waals surface area (Å²) in [7, 11) is 1.41. The number of halogens is 3. The van der Waals surface area contributed by atoms with E-state index in [2.05, 4.69) is 0 Å². The Balaban J connectivity index is 1.38. The smallest absolute Gasteiger partial charge is 0.277 e. The number of imide groups is 2. The summed E-state index contributed by atoms with van der Waals surface area (Å²) in [5.41, 5.74) is 5.28. The summed E-state index contributed by atoms with van der Waals surface area (Å²) in [5, 5.41) is 0. The first-order valence-electron chi connectivity index (χ1n) is 14.4. The first kappa shape index (κ1) is 30.0. The molecule has 6 rings (SSSR count). The Hall–Kier alpha value is -5.05. The summed E-state index contributed by atoms with van der Waals surface area (Å²) in [6.45, 7) is 8.46. The van der Waals surface area contributed by atoms with Crippen molar-refractivity contribution in [2.45, 2.75) is 46.7 Å². The SMILES string of the molecule is Cc1cc(C)c(C(c2cc(C)c(N3C(=O)c4ccc(-c5ccc6c(c5)C(=O)N(C)C6=O)cc4C3=O)cc2C)C(F)(F)F)cc1C. The average Bonchev–Trinajstić information content (AvgIpc) is 3.35. The van der Waals surface area contributed by atoms with Gasteiger partial charge in [0.15, 0.2) is 0 Å². The normalized spacial score (nSPS) is 15.2. The number of anilines is 1. The van der Waals surface area contributed by atoms with Gasteiger partial charge in [-0.3, -0.25) is 24.1 Å². The van der Waals surface area contributed by atoms with Crippen molar-refractivity contribution in [3.05, 3.63) is 122 Å². The lowest BCUT2D eigenvalue weighted by Gasteiger charge is -2.27. The first-order valence-corrected chi connectivity index (χ1v) is 14.4. The van der Waals surface area contributed by atoms with Gasteiger partial charge in [-0.25, -0.2) is 4.90 Å². The van der Waals surface area contributed by atoms with E-state index >= 15 is 0 Å². The van der Waals surface area contributed by atoms with Crippen molar-refractivity contribution in [2.24, 2.45) is 0 Å². The molecule has 45 heavy (non-hydrogen) atoms. The average molecular weight is 611 g/mol. The van der Waals surface area contributed by atoms with Crippen molar-refractivity contribution in [1.29, 1.82) is 0 Å². The van der Waals surface area contributed by atoms with Crippen LogP contribution in [0.1, 0.15) is 86.3 Å². The number of fused-ring (bicyclic) bond motifs is 2. The van der Waals surface area contributed by atoms with Crippen molar-refractivity contribution in [3.63, 3.8) is 0 Å². The van der Waals surface area contributed by atoms with Crippen LogP contribution in [0.5, 0.6) is 0 Å². The summed E-state index contributed by atoms with van der Waals surface area (Å²) in [6.07, 6.45) is -4.58. The van der Waals surface area contributed by atoms with Gasteiger partial charge in [0.2, 0.25) is 0 Å². The second kappa shape index (κ2) is 10.3. The number of alkyl halides is 3. The third-order valence-corrected chi connectivity index (χ3v) is 8.97. The number of carbonyl (C=O) groups excluding carboxylic acids is 4. The van der Waals surface area contributed by atoms with Crippen LogP contribution in [0.25, 0.3) is 11.1 Å². The van der Waals surface area contributed by atoms with E-state index in [1.54, 1.807) is 70.2 Å². The minimum atomic E-state index is -4.58. The molecule has 0 aromatic heterocycles. The van der Waals surface area contributed by atoms with Gasteiger partial charge in [-0.05, 0) is 115 Å². The van der Waals surface area contributed by atoms with Gasteiger partial charge in [0, 0.05) is 7.05 Å². The van der Waals surface area contributed by atoms with E-state index < -0.39 is 35.7 Å². The van der Waals surface area contributed by atoms with Crippen molar-refractivity contribution in [1.82, 2.24) is 4.90 Å². The predicted octanol–water partition coefficient (Wildman–Crippen LogP) is 7.62. The Morgan fingerprint density at radius 2 is 0.978 bits per heavy atom. The Kier molecular flexibility index (Phi) is 6.84. The minimum absolute atomic E-state index is 0.0595. The number of rotatable bonds is 4. The standard InChI is InChI=1S/C36H29F3N2O4/c1-17-11-19(3)26(12-18(17)2)31(36(37,38)39)27-13-21(5)30(14-20(27)4)41-34(44)25-10-8-23(16-29(25)35(41)45)22-7-9-24-28(15-22)33(43)40(6)32(24)42/h7-16,31H,1-6H3. The van der Waals surface area contributed by atoms with Crippen molar-refractivity contribution in [2.75, 3.05) is 11.9 Å². The second-order valence-electron chi connectivity index (χ2n) is 11.9. The topological polar surface area (TPSA) is 74.8 Å². The third kappa shape index (κ3) is 4.65. The molecule has 4 amide bonds. The van der Waals surface area contributed by atoms with Crippen LogP contribution in [-0.4, -0.2) is 41.8 Å². The lowest BCUT2D eigenvalue weighted by Crippen LogP contribution is -2.30. The Bertz CT molecular complexity index is 2010. The lowest BCUT2D eigenvalue weighted by molar-refractivity contribution is -0.141. The molecule has 0 spiro atoms. The molecule has 0 radical (unpaired) electrons. The number of hydrogen-bond donors (Lipinski definition) is 0. The second-order valence-corrected chi connectivity index (χ2v) is 11.9. The highest BCUT2D eigenvalue weighted by Gasteiger charge is 2.44. The molecule has 0 N–H and O–H groups in total. The van der Waals surface area contributed by atoms with Gasteiger partial charge in [0.1, 0.15) is 5.92 Å². The van der Waals surface area contributed by atoms with Gasteiger partial charge < -0.3 is 0 Å². The van der Waals surface area contributed by atoms with Crippen molar-refractivity contribution >= 4 is 29.3 Å². The monoisotopic (exact) mass is 610 g/mol. The third-order valence-electron chi connectivity index (χ3n) is 8.97. The number of nitrogens with zero attached hydrogens (tertiary/aromatic N) is 2. The van der Waals surface area contributed by atoms with E-state index in [0.717, 1.165) is 20.9 Å². The number of hydrogen-bond acceptors (Lipinski definition) is 4. The van der Waals surface area contributed by atoms with E-state index in [1.165, 1.54) is 25.2 Å². The molecular formula is C36H29F3N2O4. The maximum atomic E-state index is 14.7. The highest BCUT2D eigenvalue weighted by Crippen LogP contribution is 2.45. The molecule has 2 heterocycles. The molecule has 0 saturated heterocycles. The van der Waals surface area contributed by atoms with Crippen LogP contribution in [0.4, 0.5) is 18.9 Å².